The molecular weight excluding hydrogens is 1400 g/mol. The summed E-state index contributed by atoms with van der Waals surface area (Å²) >= 11 is 0. The fourth-order valence-corrected chi connectivity index (χ4v) is 13.2. The van der Waals surface area contributed by atoms with Crippen LogP contribution in [0.5, 0.6) is 5.75 Å². The molecule has 0 spiro atoms. The minimum absolute atomic E-state index is 0.0869. The van der Waals surface area contributed by atoms with Crippen LogP contribution in [0, 0.1) is 0 Å². The normalized spacial score (nSPS) is 33.8. The lowest BCUT2D eigenvalue weighted by Crippen LogP contribution is -2.70. The molecule has 576 valence electrons. The summed E-state index contributed by atoms with van der Waals surface area (Å²) in [6.07, 6.45) is -32.2. The number of benzene rings is 4. The fraction of sp³-hybridized carbons (Fsp3) is 0.515. The number of aliphatic hydroxyl groups is 13. The summed E-state index contributed by atoms with van der Waals surface area (Å²) < 4.78 is 34.4. The molecular formula is C68H88N12O26. The van der Waals surface area contributed by atoms with Crippen LogP contribution in [-0.2, 0) is 63.7 Å². The van der Waals surface area contributed by atoms with E-state index < -0.39 is 252 Å². The van der Waals surface area contributed by atoms with E-state index in [1.165, 1.54) is 24.3 Å². The van der Waals surface area contributed by atoms with Gasteiger partial charge in [0.25, 0.3) is 0 Å². The number of aliphatic hydroxyl groups excluding tert-OH is 13. The number of nitrogens with two attached hydrogens (primary N) is 2. The Morgan fingerprint density at radius 1 is 0.547 bits per heavy atom. The number of nitrogens with one attached hydrogen (secondary N) is 7. The molecule has 6 heterocycles. The Labute approximate surface area is 604 Å². The van der Waals surface area contributed by atoms with Gasteiger partial charge in [-0.1, -0.05) is 110 Å². The van der Waals surface area contributed by atoms with Crippen LogP contribution in [0.3, 0.4) is 0 Å². The van der Waals surface area contributed by atoms with Gasteiger partial charge in [-0.2, -0.15) is 0 Å². The first kappa shape index (κ1) is 79.4. The van der Waals surface area contributed by atoms with Crippen LogP contribution in [0.1, 0.15) is 41.0 Å². The molecule has 25 unspecified atom stereocenters. The largest absolute Gasteiger partial charge is 0.462 e. The maximum absolute atomic E-state index is 15.5. The highest BCUT2D eigenvalue weighted by Gasteiger charge is 2.54. The van der Waals surface area contributed by atoms with Crippen LogP contribution < -0.4 is 53.4 Å². The molecule has 4 fully saturated rings. The average Bonchev–Trinajstić information content (AvgIpc) is 1.45. The van der Waals surface area contributed by atoms with E-state index in [1.54, 1.807) is 97.9 Å². The van der Waals surface area contributed by atoms with Crippen molar-refractivity contribution >= 4 is 53.3 Å². The molecule has 6 aliphatic rings. The lowest BCUT2D eigenvalue weighted by atomic mass is 9.91. The number of rotatable bonds is 21. The van der Waals surface area contributed by atoms with E-state index in [9.17, 15) is 80.8 Å². The Bertz CT molecular complexity index is 3690. The molecule has 24 N–H and O–H groups in total. The highest BCUT2D eigenvalue weighted by molar-refractivity contribution is 5.99. The summed E-state index contributed by atoms with van der Waals surface area (Å²) in [5.74, 6) is -11.4. The van der Waals surface area contributed by atoms with Crippen molar-refractivity contribution in [3.8, 4) is 5.75 Å². The Balaban J connectivity index is 0.989. The zero-order valence-electron chi connectivity index (χ0n) is 56.8. The smallest absolute Gasteiger partial charge is 0.318 e. The van der Waals surface area contributed by atoms with E-state index in [1.807, 2.05) is 0 Å². The second-order valence-corrected chi connectivity index (χ2v) is 26.3. The molecule has 0 aliphatic carbocycles. The number of esters is 1. The summed E-state index contributed by atoms with van der Waals surface area (Å²) in [5, 5.41) is 160. The molecule has 0 aromatic heterocycles. The number of hydrogen-bond acceptors (Lipinski definition) is 32. The topological polar surface area (TPSA) is 602 Å². The molecule has 4 saturated heterocycles. The van der Waals surface area contributed by atoms with Gasteiger partial charge in [-0.05, 0) is 34.4 Å². The standard InChI is InChI=1S/C68H88N12O26/c1-29(31-11-5-2-6-12-31)44-60(97)74-35(21-30-17-19-34(20-18-30)102-65-56(94)53(91)57(41(27-83)105-65)106-66-55(93)52(90)50(88)40(26-82)104-66)59(96)78-45(47(85)36-22-72-67(69)76-36)62(99)79-46(48(86)38-23-73-68(70)80(38)63-54(92)51(89)49(87)39(25-81)103-63)61(98)75-37(58(95)71-24-42(84)77-44)28-101-64(100)43(32-13-7-3-8-14-32)33-15-9-4-10-16-33/h2-20,29,35-41,43-57,63,65-66,81-83,85-94H,21-28H2,1H3,(H2,70,73)(H,71,95)(H,74,97)(H,75,98)(H,77,84)(H,78,96)(H,79,99)(H3,69,72,76). The van der Waals surface area contributed by atoms with Crippen LogP contribution in [0.15, 0.2) is 125 Å². The zero-order chi connectivity index (χ0) is 76.4. The quantitative estimate of drug-likeness (QED) is 0.0345. The Kier molecular flexibility index (Phi) is 26.6. The summed E-state index contributed by atoms with van der Waals surface area (Å²) in [6, 6.07) is 17.0. The Morgan fingerprint density at radius 3 is 1.67 bits per heavy atom. The van der Waals surface area contributed by atoms with Gasteiger partial charge in [-0.3, -0.25) is 43.5 Å². The third-order valence-corrected chi connectivity index (χ3v) is 19.2. The minimum Gasteiger partial charge on any atom is -0.462 e. The number of guanidine groups is 2. The molecule has 6 aliphatic heterocycles. The van der Waals surface area contributed by atoms with Crippen molar-refractivity contribution < 1.29 is 128 Å². The van der Waals surface area contributed by atoms with Crippen LogP contribution in [-0.4, -0.2) is 317 Å². The van der Waals surface area contributed by atoms with E-state index in [-0.39, 0.29) is 23.8 Å². The fourth-order valence-electron chi connectivity index (χ4n) is 13.2. The van der Waals surface area contributed by atoms with Crippen LogP contribution >= 0.6 is 0 Å². The van der Waals surface area contributed by atoms with E-state index in [0.717, 1.165) is 4.90 Å². The highest BCUT2D eigenvalue weighted by atomic mass is 16.7. The van der Waals surface area contributed by atoms with Gasteiger partial charge in [0.05, 0.1) is 51.5 Å². The van der Waals surface area contributed by atoms with E-state index in [2.05, 4.69) is 47.2 Å². The van der Waals surface area contributed by atoms with E-state index in [4.69, 9.17) is 39.9 Å². The summed E-state index contributed by atoms with van der Waals surface area (Å²) in [5.41, 5.74) is 13.9. The van der Waals surface area contributed by atoms with Crippen LogP contribution in [0.2, 0.25) is 0 Å². The van der Waals surface area contributed by atoms with Gasteiger partial charge in [0.2, 0.25) is 41.7 Å². The predicted octanol–water partition coefficient (Wildman–Crippen LogP) is -10.2. The van der Waals surface area contributed by atoms with Gasteiger partial charge in [-0.15, -0.1) is 0 Å². The lowest BCUT2D eigenvalue weighted by Gasteiger charge is -2.46. The average molecular weight is 1490 g/mol. The number of carbonyl (C=O) groups is 7. The van der Waals surface area contributed by atoms with Crippen molar-refractivity contribution in [1.29, 1.82) is 0 Å². The molecule has 38 heteroatoms. The highest BCUT2D eigenvalue weighted by Crippen LogP contribution is 2.33. The molecule has 4 aromatic carbocycles. The first-order valence-corrected chi connectivity index (χ1v) is 34.0. The van der Waals surface area contributed by atoms with Crippen molar-refractivity contribution in [2.45, 2.75) is 172 Å². The number of ether oxygens (including phenoxy) is 6. The summed E-state index contributed by atoms with van der Waals surface area (Å²) in [6.45, 7) is -4.01. The van der Waals surface area contributed by atoms with Crippen molar-refractivity contribution in [1.82, 2.24) is 42.1 Å². The van der Waals surface area contributed by atoms with Gasteiger partial charge in [0.1, 0.15) is 134 Å². The third-order valence-electron chi connectivity index (χ3n) is 19.2. The van der Waals surface area contributed by atoms with Crippen LogP contribution in [0.25, 0.3) is 0 Å². The van der Waals surface area contributed by atoms with Crippen molar-refractivity contribution in [3.63, 3.8) is 0 Å². The second-order valence-electron chi connectivity index (χ2n) is 26.3. The van der Waals surface area contributed by atoms with Gasteiger partial charge < -0.3 is 148 Å². The maximum atomic E-state index is 15.5. The number of amides is 6. The van der Waals surface area contributed by atoms with Crippen molar-refractivity contribution in [3.05, 3.63) is 138 Å². The molecule has 4 aromatic rings. The molecule has 10 rings (SSSR count). The van der Waals surface area contributed by atoms with Crippen molar-refractivity contribution in [2.75, 3.05) is 46.1 Å². The zero-order valence-corrected chi connectivity index (χ0v) is 56.8. The predicted molar refractivity (Wildman–Crippen MR) is 362 cm³/mol. The maximum Gasteiger partial charge on any atom is 0.318 e. The Hall–Kier alpha value is -9.17. The molecule has 6 amide bonds. The Morgan fingerprint density at radius 2 is 1.08 bits per heavy atom. The van der Waals surface area contributed by atoms with Gasteiger partial charge in [0.15, 0.2) is 24.4 Å². The summed E-state index contributed by atoms with van der Waals surface area (Å²) in [4.78, 5) is 114. The summed E-state index contributed by atoms with van der Waals surface area (Å²) in [7, 11) is 0. The molecule has 25 atom stereocenters. The molecule has 0 radical (unpaired) electrons. The number of nitrogens with zero attached hydrogens (tertiary/aromatic N) is 3. The number of hydrogen-bond donors (Lipinski definition) is 22. The van der Waals surface area contributed by atoms with Gasteiger partial charge >= 0.3 is 5.97 Å². The van der Waals surface area contributed by atoms with E-state index >= 15 is 19.2 Å². The first-order valence-electron chi connectivity index (χ1n) is 34.0. The van der Waals surface area contributed by atoms with Crippen LogP contribution in [0.4, 0.5) is 0 Å². The first-order chi connectivity index (χ1) is 50.7. The van der Waals surface area contributed by atoms with E-state index in [0.29, 0.717) is 16.7 Å². The van der Waals surface area contributed by atoms with Crippen molar-refractivity contribution in [2.24, 2.45) is 21.5 Å². The number of carbonyl (C=O) groups excluding carboxylic acids is 7. The van der Waals surface area contributed by atoms with Gasteiger partial charge in [-0.25, -0.2) is 0 Å². The molecule has 106 heavy (non-hydrogen) atoms. The van der Waals surface area contributed by atoms with Gasteiger partial charge in [0, 0.05) is 12.3 Å². The number of aliphatic imine (C=N–C) groups is 2. The lowest BCUT2D eigenvalue weighted by molar-refractivity contribution is -0.352. The molecule has 0 bridgehead atoms. The molecule has 0 saturated carbocycles. The molecule has 38 nitrogen and oxygen atoms in total. The SMILES string of the molecule is CC(c1ccccc1)C1NC(=O)CNC(=O)C(COC(=O)C(c2ccccc2)c2ccccc2)NC(=O)C(C(O)C2CN=C(N)N2C2OC(CO)C(O)C(O)C2O)NC(=O)C(C(O)C2CN=C(N)N2)NC(=O)C(Cc2ccc(OC3OC(CO)C(OC4OC(CO)C(O)C(O)C4O)C(O)C3O)cc2)NC1=O. The minimum atomic E-state index is -2.44. The second kappa shape index (κ2) is 35.5. The third kappa shape index (κ3) is 18.1. The monoisotopic (exact) mass is 1490 g/mol.